The number of hydrogen-bond acceptors (Lipinski definition) is 4. The molecule has 0 atom stereocenters. The average Bonchev–Trinajstić information content (AvgIpc) is 2.81. The molecular formula is C12H9Cl2NO3. The number of aromatic nitrogens is 1. The van der Waals surface area contributed by atoms with Crippen LogP contribution in [-0.2, 0) is 16.0 Å². The van der Waals surface area contributed by atoms with Gasteiger partial charge in [-0.3, -0.25) is 4.79 Å². The number of hydrogen-bond donors (Lipinski definition) is 0. The van der Waals surface area contributed by atoms with E-state index in [9.17, 15) is 4.79 Å². The zero-order chi connectivity index (χ0) is 13.1. The van der Waals surface area contributed by atoms with Crippen molar-refractivity contribution < 1.29 is 14.1 Å². The summed E-state index contributed by atoms with van der Waals surface area (Å²) in [5, 5.41) is 4.77. The molecule has 2 aromatic rings. The quantitative estimate of drug-likeness (QED) is 0.812. The Morgan fingerprint density at radius 2 is 2.11 bits per heavy atom. The van der Waals surface area contributed by atoms with Gasteiger partial charge in [0.15, 0.2) is 0 Å². The molecule has 0 saturated carbocycles. The van der Waals surface area contributed by atoms with Gasteiger partial charge in [0.1, 0.15) is 17.9 Å². The van der Waals surface area contributed by atoms with Crippen LogP contribution in [0.2, 0.25) is 10.0 Å². The standard InChI is InChI=1S/C12H9Cl2NO3/c1-17-12(16)6-8-5-11(15-18-8)7-2-3-9(13)10(14)4-7/h2-5H,6H2,1H3. The summed E-state index contributed by atoms with van der Waals surface area (Å²) in [5.74, 6) is 0.0507. The maximum absolute atomic E-state index is 11.1. The minimum Gasteiger partial charge on any atom is -0.469 e. The van der Waals surface area contributed by atoms with Crippen LogP contribution < -0.4 is 0 Å². The maximum Gasteiger partial charge on any atom is 0.313 e. The molecule has 1 aromatic heterocycles. The molecule has 1 heterocycles. The van der Waals surface area contributed by atoms with Crippen LogP contribution in [-0.4, -0.2) is 18.2 Å². The summed E-state index contributed by atoms with van der Waals surface area (Å²) < 4.78 is 9.57. The molecule has 0 saturated heterocycles. The van der Waals surface area contributed by atoms with E-state index in [-0.39, 0.29) is 12.4 Å². The van der Waals surface area contributed by atoms with Gasteiger partial charge >= 0.3 is 5.97 Å². The SMILES string of the molecule is COC(=O)Cc1cc(-c2ccc(Cl)c(Cl)c2)no1. The molecule has 0 unspecified atom stereocenters. The Bertz CT molecular complexity index is 580. The highest BCUT2D eigenvalue weighted by Crippen LogP contribution is 2.28. The Morgan fingerprint density at radius 1 is 1.33 bits per heavy atom. The molecule has 4 nitrogen and oxygen atoms in total. The second kappa shape index (κ2) is 5.42. The molecule has 0 fully saturated rings. The highest BCUT2D eigenvalue weighted by molar-refractivity contribution is 6.42. The minimum absolute atomic E-state index is 0.0465. The number of halogens is 2. The fraction of sp³-hybridized carbons (Fsp3) is 0.167. The second-order valence-corrected chi connectivity index (χ2v) is 4.37. The van der Waals surface area contributed by atoms with E-state index in [0.29, 0.717) is 21.5 Å². The van der Waals surface area contributed by atoms with Crippen molar-refractivity contribution in [3.05, 3.63) is 40.1 Å². The van der Waals surface area contributed by atoms with Crippen molar-refractivity contribution in [3.63, 3.8) is 0 Å². The van der Waals surface area contributed by atoms with Crippen molar-refractivity contribution in [1.82, 2.24) is 5.16 Å². The van der Waals surface area contributed by atoms with Crippen molar-refractivity contribution in [2.24, 2.45) is 0 Å². The van der Waals surface area contributed by atoms with Gasteiger partial charge in [0.2, 0.25) is 0 Å². The van der Waals surface area contributed by atoms with E-state index >= 15 is 0 Å². The van der Waals surface area contributed by atoms with Gasteiger partial charge in [-0.1, -0.05) is 34.4 Å². The van der Waals surface area contributed by atoms with E-state index in [1.807, 2.05) is 0 Å². The Balaban J connectivity index is 2.23. The zero-order valence-corrected chi connectivity index (χ0v) is 11.0. The Morgan fingerprint density at radius 3 is 2.78 bits per heavy atom. The van der Waals surface area contributed by atoms with Crippen LogP contribution in [0.5, 0.6) is 0 Å². The monoisotopic (exact) mass is 285 g/mol. The van der Waals surface area contributed by atoms with Gasteiger partial charge in [0.05, 0.1) is 17.2 Å². The fourth-order valence-corrected chi connectivity index (χ4v) is 1.70. The third-order valence-electron chi connectivity index (χ3n) is 2.32. The van der Waals surface area contributed by atoms with Gasteiger partial charge in [-0.15, -0.1) is 0 Å². The van der Waals surface area contributed by atoms with E-state index in [0.717, 1.165) is 5.56 Å². The molecule has 0 aliphatic heterocycles. The lowest BCUT2D eigenvalue weighted by Gasteiger charge is -1.98. The topological polar surface area (TPSA) is 52.3 Å². The van der Waals surface area contributed by atoms with Gasteiger partial charge in [0.25, 0.3) is 0 Å². The van der Waals surface area contributed by atoms with Crippen molar-refractivity contribution in [1.29, 1.82) is 0 Å². The fourth-order valence-electron chi connectivity index (χ4n) is 1.40. The molecule has 94 valence electrons. The van der Waals surface area contributed by atoms with Gasteiger partial charge in [-0.05, 0) is 12.1 Å². The van der Waals surface area contributed by atoms with E-state index in [1.54, 1.807) is 24.3 Å². The van der Waals surface area contributed by atoms with Crippen LogP contribution in [0.25, 0.3) is 11.3 Å². The van der Waals surface area contributed by atoms with Crippen LogP contribution in [0.1, 0.15) is 5.76 Å². The maximum atomic E-state index is 11.1. The summed E-state index contributed by atoms with van der Waals surface area (Å²) in [7, 11) is 1.32. The van der Waals surface area contributed by atoms with Crippen LogP contribution in [0.15, 0.2) is 28.8 Å². The first-order valence-electron chi connectivity index (χ1n) is 5.08. The summed E-state index contributed by atoms with van der Waals surface area (Å²) in [5.41, 5.74) is 1.36. The molecule has 0 aliphatic carbocycles. The summed E-state index contributed by atoms with van der Waals surface area (Å²) in [6, 6.07) is 6.79. The number of methoxy groups -OCH3 is 1. The van der Waals surface area contributed by atoms with Crippen molar-refractivity contribution in [3.8, 4) is 11.3 Å². The smallest absolute Gasteiger partial charge is 0.313 e. The highest BCUT2D eigenvalue weighted by Gasteiger charge is 2.11. The van der Waals surface area contributed by atoms with E-state index in [4.69, 9.17) is 27.7 Å². The normalized spacial score (nSPS) is 10.4. The number of esters is 1. The first kappa shape index (κ1) is 12.9. The molecule has 2 rings (SSSR count). The van der Waals surface area contributed by atoms with Gasteiger partial charge in [0, 0.05) is 11.6 Å². The molecule has 6 heteroatoms. The lowest BCUT2D eigenvalue weighted by atomic mass is 10.1. The zero-order valence-electron chi connectivity index (χ0n) is 9.44. The molecule has 18 heavy (non-hydrogen) atoms. The minimum atomic E-state index is -0.383. The molecule has 0 amide bonds. The molecule has 0 N–H and O–H groups in total. The lowest BCUT2D eigenvalue weighted by molar-refractivity contribution is -0.140. The molecule has 0 spiro atoms. The lowest BCUT2D eigenvalue weighted by Crippen LogP contribution is -2.03. The van der Waals surface area contributed by atoms with Crippen LogP contribution in [0, 0.1) is 0 Å². The Hall–Kier alpha value is -1.52. The van der Waals surface area contributed by atoms with Crippen LogP contribution in [0.3, 0.4) is 0 Å². The first-order chi connectivity index (χ1) is 8.60. The van der Waals surface area contributed by atoms with E-state index in [1.165, 1.54) is 7.11 Å². The third-order valence-corrected chi connectivity index (χ3v) is 3.06. The second-order valence-electron chi connectivity index (χ2n) is 3.56. The van der Waals surface area contributed by atoms with Crippen molar-refractivity contribution >= 4 is 29.2 Å². The number of carbonyl (C=O) groups is 1. The molecular weight excluding hydrogens is 277 g/mol. The summed E-state index contributed by atoms with van der Waals surface area (Å²) in [6.07, 6.45) is 0.0465. The first-order valence-corrected chi connectivity index (χ1v) is 5.83. The Labute approximate surface area is 113 Å². The van der Waals surface area contributed by atoms with E-state index in [2.05, 4.69) is 9.89 Å². The Kier molecular flexibility index (Phi) is 3.89. The summed E-state index contributed by atoms with van der Waals surface area (Å²) in [4.78, 5) is 11.1. The predicted octanol–water partition coefficient (Wildman–Crippen LogP) is 3.36. The van der Waals surface area contributed by atoms with Gasteiger partial charge < -0.3 is 9.26 Å². The van der Waals surface area contributed by atoms with Crippen molar-refractivity contribution in [2.45, 2.75) is 6.42 Å². The summed E-state index contributed by atoms with van der Waals surface area (Å²) in [6.45, 7) is 0. The molecule has 0 radical (unpaired) electrons. The number of benzene rings is 1. The largest absolute Gasteiger partial charge is 0.469 e. The van der Waals surface area contributed by atoms with Crippen LogP contribution in [0.4, 0.5) is 0 Å². The third kappa shape index (κ3) is 2.83. The summed E-state index contributed by atoms with van der Waals surface area (Å²) >= 11 is 11.7. The predicted molar refractivity (Wildman–Crippen MR) is 67.7 cm³/mol. The number of nitrogens with zero attached hydrogens (tertiary/aromatic N) is 1. The van der Waals surface area contributed by atoms with Crippen LogP contribution >= 0.6 is 23.2 Å². The average molecular weight is 286 g/mol. The van der Waals surface area contributed by atoms with Gasteiger partial charge in [-0.25, -0.2) is 0 Å². The number of rotatable bonds is 3. The highest BCUT2D eigenvalue weighted by atomic mass is 35.5. The van der Waals surface area contributed by atoms with Gasteiger partial charge in [-0.2, -0.15) is 0 Å². The molecule has 0 aliphatic rings. The molecule has 1 aromatic carbocycles. The number of ether oxygens (including phenoxy) is 1. The molecule has 0 bridgehead atoms. The number of carbonyl (C=O) groups excluding carboxylic acids is 1. The van der Waals surface area contributed by atoms with Crippen molar-refractivity contribution in [2.75, 3.05) is 7.11 Å². The van der Waals surface area contributed by atoms with E-state index < -0.39 is 0 Å².